The van der Waals surface area contributed by atoms with Crippen molar-refractivity contribution < 1.29 is 13.2 Å². The van der Waals surface area contributed by atoms with Gasteiger partial charge in [0.2, 0.25) is 0 Å². The van der Waals surface area contributed by atoms with Crippen LogP contribution in [-0.4, -0.2) is 36.8 Å². The number of nitrogens with zero attached hydrogens (tertiary/aromatic N) is 1. The summed E-state index contributed by atoms with van der Waals surface area (Å²) in [5.41, 5.74) is 2.45. The number of aryl methyl sites for hydroxylation is 1. The third-order valence-electron chi connectivity index (χ3n) is 4.05. The summed E-state index contributed by atoms with van der Waals surface area (Å²) < 4.78 is 37.0. The van der Waals surface area contributed by atoms with Crippen LogP contribution in [0.15, 0.2) is 24.3 Å². The molecule has 1 aliphatic rings. The van der Waals surface area contributed by atoms with Gasteiger partial charge in [-0.25, -0.2) is 0 Å². The first-order chi connectivity index (χ1) is 9.83. The van der Waals surface area contributed by atoms with Crippen LogP contribution in [0.2, 0.25) is 0 Å². The molecule has 1 atom stereocenters. The average Bonchev–Trinajstić information content (AvgIpc) is 2.40. The number of likely N-dealkylation sites (tertiary alicyclic amines) is 1. The molecule has 5 heteroatoms. The second kappa shape index (κ2) is 6.79. The number of piperidine rings is 1. The summed E-state index contributed by atoms with van der Waals surface area (Å²) in [6, 6.07) is 8.90. The Hall–Kier alpha value is -1.07. The largest absolute Gasteiger partial charge is 0.401 e. The van der Waals surface area contributed by atoms with Gasteiger partial charge in [-0.2, -0.15) is 13.2 Å². The van der Waals surface area contributed by atoms with Crippen LogP contribution in [0.25, 0.3) is 0 Å². The first-order valence-electron chi connectivity index (χ1n) is 7.45. The molecule has 0 radical (unpaired) electrons. The highest BCUT2D eigenvalue weighted by Gasteiger charge is 2.32. The van der Waals surface area contributed by atoms with E-state index in [9.17, 15) is 13.2 Å². The first-order valence-corrected chi connectivity index (χ1v) is 7.45. The number of benzene rings is 1. The smallest absolute Gasteiger partial charge is 0.307 e. The molecule has 1 saturated heterocycles. The van der Waals surface area contributed by atoms with Gasteiger partial charge in [-0.3, -0.25) is 4.90 Å². The lowest BCUT2D eigenvalue weighted by atomic mass is 10.0. The summed E-state index contributed by atoms with van der Waals surface area (Å²) >= 11 is 0. The third-order valence-corrected chi connectivity index (χ3v) is 4.05. The quantitative estimate of drug-likeness (QED) is 0.912. The Kier molecular flexibility index (Phi) is 5.27. The van der Waals surface area contributed by atoms with E-state index in [1.165, 1.54) is 16.0 Å². The van der Waals surface area contributed by atoms with Gasteiger partial charge in [0.05, 0.1) is 6.54 Å². The maximum atomic E-state index is 12.3. The fraction of sp³-hybridized carbons (Fsp3) is 0.625. The number of hydrogen-bond donors (Lipinski definition) is 1. The molecule has 118 valence electrons. The highest BCUT2D eigenvalue weighted by molar-refractivity contribution is 5.23. The lowest BCUT2D eigenvalue weighted by Crippen LogP contribution is -2.46. The van der Waals surface area contributed by atoms with Gasteiger partial charge in [-0.1, -0.05) is 29.8 Å². The van der Waals surface area contributed by atoms with E-state index in [1.54, 1.807) is 0 Å². The number of alkyl halides is 3. The minimum atomic E-state index is -4.09. The van der Waals surface area contributed by atoms with Gasteiger partial charge < -0.3 is 5.32 Å². The second-order valence-corrected chi connectivity index (χ2v) is 5.96. The molecule has 2 nitrogen and oxygen atoms in total. The van der Waals surface area contributed by atoms with E-state index in [-0.39, 0.29) is 6.04 Å². The van der Waals surface area contributed by atoms with E-state index < -0.39 is 12.7 Å². The monoisotopic (exact) mass is 300 g/mol. The Bertz CT molecular complexity index is 434. The van der Waals surface area contributed by atoms with Crippen LogP contribution in [0, 0.1) is 6.92 Å². The first kappa shape index (κ1) is 16.3. The number of halogens is 3. The minimum Gasteiger partial charge on any atom is -0.307 e. The Morgan fingerprint density at radius 1 is 1.19 bits per heavy atom. The topological polar surface area (TPSA) is 15.3 Å². The van der Waals surface area contributed by atoms with Crippen LogP contribution in [0.4, 0.5) is 13.2 Å². The van der Waals surface area contributed by atoms with Crippen molar-refractivity contribution >= 4 is 0 Å². The maximum absolute atomic E-state index is 12.3. The Morgan fingerprint density at radius 2 is 1.76 bits per heavy atom. The van der Waals surface area contributed by atoms with E-state index in [0.717, 1.165) is 12.8 Å². The molecule has 0 amide bonds. The van der Waals surface area contributed by atoms with Gasteiger partial charge in [0, 0.05) is 12.1 Å². The Balaban J connectivity index is 1.79. The van der Waals surface area contributed by atoms with Crippen LogP contribution in [0.5, 0.6) is 0 Å². The van der Waals surface area contributed by atoms with Crippen LogP contribution in [0.3, 0.4) is 0 Å². The molecule has 1 aromatic rings. The van der Waals surface area contributed by atoms with Crippen molar-refractivity contribution in [3.05, 3.63) is 35.4 Å². The molecule has 0 bridgehead atoms. The van der Waals surface area contributed by atoms with Crippen molar-refractivity contribution in [1.29, 1.82) is 0 Å². The highest BCUT2D eigenvalue weighted by Crippen LogP contribution is 2.21. The summed E-state index contributed by atoms with van der Waals surface area (Å²) in [4.78, 5) is 1.49. The molecule has 0 saturated carbocycles. The molecule has 0 aromatic heterocycles. The fourth-order valence-electron chi connectivity index (χ4n) is 2.82. The van der Waals surface area contributed by atoms with Crippen LogP contribution in [-0.2, 0) is 0 Å². The number of rotatable bonds is 4. The molecule has 0 aliphatic carbocycles. The standard InChI is InChI=1S/C16H23F3N2/c1-12-3-5-14(6-4-12)13(2)20-15-7-9-21(10-8-15)11-16(17,18)19/h3-6,13,15,20H,7-11H2,1-2H3/t13-/m1/s1. The lowest BCUT2D eigenvalue weighted by Gasteiger charge is -2.34. The van der Waals surface area contributed by atoms with Crippen molar-refractivity contribution in [2.75, 3.05) is 19.6 Å². The number of nitrogens with one attached hydrogen (secondary N) is 1. The molecule has 1 heterocycles. The highest BCUT2D eigenvalue weighted by atomic mass is 19.4. The van der Waals surface area contributed by atoms with Gasteiger partial charge in [-0.05, 0) is 45.3 Å². The minimum absolute atomic E-state index is 0.227. The second-order valence-electron chi connectivity index (χ2n) is 5.96. The molecule has 0 unspecified atom stereocenters. The number of hydrogen-bond acceptors (Lipinski definition) is 2. The predicted octanol–water partition coefficient (Wildman–Crippen LogP) is 3.67. The molecule has 1 aromatic carbocycles. The van der Waals surface area contributed by atoms with Crippen LogP contribution >= 0.6 is 0 Å². The van der Waals surface area contributed by atoms with Gasteiger partial charge in [0.25, 0.3) is 0 Å². The van der Waals surface area contributed by atoms with Crippen molar-refractivity contribution in [2.24, 2.45) is 0 Å². The molecule has 2 rings (SSSR count). The molecule has 21 heavy (non-hydrogen) atoms. The molecular formula is C16H23F3N2. The van der Waals surface area contributed by atoms with Crippen molar-refractivity contribution in [2.45, 2.75) is 44.9 Å². The normalized spacial score (nSPS) is 19.7. The lowest BCUT2D eigenvalue weighted by molar-refractivity contribution is -0.148. The summed E-state index contributed by atoms with van der Waals surface area (Å²) in [7, 11) is 0. The zero-order valence-electron chi connectivity index (χ0n) is 12.6. The molecule has 1 N–H and O–H groups in total. The van der Waals surface area contributed by atoms with E-state index in [1.807, 2.05) is 0 Å². The molecule has 1 fully saturated rings. The summed E-state index contributed by atoms with van der Waals surface area (Å²) in [6.07, 6.45) is -2.55. The maximum Gasteiger partial charge on any atom is 0.401 e. The van der Waals surface area contributed by atoms with Gasteiger partial charge >= 0.3 is 6.18 Å². The van der Waals surface area contributed by atoms with E-state index in [0.29, 0.717) is 19.1 Å². The summed E-state index contributed by atoms with van der Waals surface area (Å²) in [5.74, 6) is 0. The van der Waals surface area contributed by atoms with Crippen molar-refractivity contribution in [3.63, 3.8) is 0 Å². The Labute approximate surface area is 124 Å². The van der Waals surface area contributed by atoms with Crippen molar-refractivity contribution in [1.82, 2.24) is 10.2 Å². The van der Waals surface area contributed by atoms with Gasteiger partial charge in [0.1, 0.15) is 0 Å². The third kappa shape index (κ3) is 5.32. The van der Waals surface area contributed by atoms with E-state index in [4.69, 9.17) is 0 Å². The fourth-order valence-corrected chi connectivity index (χ4v) is 2.82. The Morgan fingerprint density at radius 3 is 2.29 bits per heavy atom. The van der Waals surface area contributed by atoms with E-state index >= 15 is 0 Å². The van der Waals surface area contributed by atoms with Crippen LogP contribution in [0.1, 0.15) is 36.9 Å². The summed E-state index contributed by atoms with van der Waals surface area (Å²) in [6.45, 7) is 4.40. The SMILES string of the molecule is Cc1ccc([C@@H](C)NC2CCN(CC(F)(F)F)CC2)cc1. The van der Waals surface area contributed by atoms with E-state index in [2.05, 4.69) is 43.4 Å². The molecular weight excluding hydrogens is 277 g/mol. The molecule has 1 aliphatic heterocycles. The summed E-state index contributed by atoms with van der Waals surface area (Å²) in [5, 5.41) is 3.53. The van der Waals surface area contributed by atoms with Gasteiger partial charge in [-0.15, -0.1) is 0 Å². The predicted molar refractivity (Wildman–Crippen MR) is 78.2 cm³/mol. The molecule has 0 spiro atoms. The zero-order chi connectivity index (χ0) is 15.5. The van der Waals surface area contributed by atoms with Crippen LogP contribution < -0.4 is 5.32 Å². The zero-order valence-corrected chi connectivity index (χ0v) is 12.6. The van der Waals surface area contributed by atoms with Gasteiger partial charge in [0.15, 0.2) is 0 Å². The van der Waals surface area contributed by atoms with Crippen molar-refractivity contribution in [3.8, 4) is 0 Å². The average molecular weight is 300 g/mol.